The molecular weight excluding hydrogens is 585 g/mol. The zero-order valence-corrected chi connectivity index (χ0v) is 25.0. The molecule has 1 heterocycles. The van der Waals surface area contributed by atoms with Gasteiger partial charge in [-0.1, -0.05) is 37.6 Å². The molecule has 0 radical (unpaired) electrons. The van der Waals surface area contributed by atoms with Crippen molar-refractivity contribution >= 4 is 39.1 Å². The number of carbonyl (C=O) groups is 2. The molecule has 0 bridgehead atoms. The number of benzene rings is 3. The number of ether oxygens (including phenoxy) is 2. The maximum atomic E-state index is 14.0. The van der Waals surface area contributed by atoms with Crippen molar-refractivity contribution in [2.45, 2.75) is 44.2 Å². The second kappa shape index (κ2) is 13.9. The third kappa shape index (κ3) is 7.32. The van der Waals surface area contributed by atoms with Crippen LogP contribution in [0, 0.1) is 5.82 Å². The van der Waals surface area contributed by atoms with E-state index in [-0.39, 0.29) is 35.4 Å². The third-order valence-corrected chi connectivity index (χ3v) is 8.72. The molecule has 0 aromatic heterocycles. The van der Waals surface area contributed by atoms with E-state index in [1.165, 1.54) is 35.2 Å². The van der Waals surface area contributed by atoms with Crippen molar-refractivity contribution in [1.82, 2.24) is 10.2 Å². The van der Waals surface area contributed by atoms with Gasteiger partial charge in [0.1, 0.15) is 31.6 Å². The van der Waals surface area contributed by atoms with Gasteiger partial charge in [-0.15, -0.1) is 0 Å². The smallest absolute Gasteiger partial charge is 0.264 e. The number of anilines is 1. The minimum Gasteiger partial charge on any atom is -0.486 e. The standard InChI is InChI=1S/C30H33ClFN3O6S/c1-3-15-33-30(37)26(4-2)34(19-21-5-7-22(31)8-6-21)29(36)20-35(24-11-9-23(32)10-12-24)42(38,39)25-13-14-27-28(18-25)41-17-16-40-27/h5-14,18,26H,3-4,15-17,19-20H2,1-2H3,(H,33,37)/t26-/m0/s1. The number of sulfonamides is 1. The van der Waals surface area contributed by atoms with E-state index in [1.54, 1.807) is 31.2 Å². The van der Waals surface area contributed by atoms with Crippen molar-refractivity contribution in [2.75, 3.05) is 30.6 Å². The first-order valence-corrected chi connectivity index (χ1v) is 15.5. The summed E-state index contributed by atoms with van der Waals surface area (Å²) in [6.45, 7) is 4.11. The second-order valence-corrected chi connectivity index (χ2v) is 12.0. The summed E-state index contributed by atoms with van der Waals surface area (Å²) in [4.78, 5) is 28.4. The van der Waals surface area contributed by atoms with Gasteiger partial charge in [-0.2, -0.15) is 0 Å². The fraction of sp³-hybridized carbons (Fsp3) is 0.333. The molecule has 4 rings (SSSR count). The van der Waals surface area contributed by atoms with E-state index >= 15 is 0 Å². The summed E-state index contributed by atoms with van der Waals surface area (Å²) in [7, 11) is -4.36. The monoisotopic (exact) mass is 617 g/mol. The lowest BCUT2D eigenvalue weighted by molar-refractivity contribution is -0.140. The quantitative estimate of drug-likeness (QED) is 0.314. The van der Waals surface area contributed by atoms with Gasteiger partial charge in [0, 0.05) is 24.2 Å². The van der Waals surface area contributed by atoms with Gasteiger partial charge in [-0.25, -0.2) is 12.8 Å². The minimum atomic E-state index is -4.36. The first-order chi connectivity index (χ1) is 20.1. The second-order valence-electron chi connectivity index (χ2n) is 9.66. The Morgan fingerprint density at radius 1 is 0.976 bits per heavy atom. The first kappa shape index (κ1) is 31.1. The number of rotatable bonds is 12. The summed E-state index contributed by atoms with van der Waals surface area (Å²) in [5, 5.41) is 3.35. The van der Waals surface area contributed by atoms with E-state index in [0.717, 1.165) is 16.4 Å². The van der Waals surface area contributed by atoms with Crippen LogP contribution in [0.2, 0.25) is 5.02 Å². The maximum absolute atomic E-state index is 14.0. The SMILES string of the molecule is CCCNC(=O)[C@H](CC)N(Cc1ccc(Cl)cc1)C(=O)CN(c1ccc(F)cc1)S(=O)(=O)c1ccc2c(c1)OCCO2. The van der Waals surface area contributed by atoms with Crippen molar-refractivity contribution < 1.29 is 31.9 Å². The minimum absolute atomic E-state index is 0.0371. The van der Waals surface area contributed by atoms with Crippen molar-refractivity contribution in [3.05, 3.63) is 83.1 Å². The molecule has 1 aliphatic heterocycles. The van der Waals surface area contributed by atoms with Gasteiger partial charge >= 0.3 is 0 Å². The number of hydrogen-bond acceptors (Lipinski definition) is 6. The summed E-state index contributed by atoms with van der Waals surface area (Å²) < 4.78 is 53.9. The Labute approximate surface area is 250 Å². The van der Waals surface area contributed by atoms with Crippen LogP contribution in [0.15, 0.2) is 71.6 Å². The molecule has 0 unspecified atom stereocenters. The van der Waals surface area contributed by atoms with Crippen LogP contribution in [-0.4, -0.2) is 57.5 Å². The summed E-state index contributed by atoms with van der Waals surface area (Å²) in [6.07, 6.45) is 1.000. The summed E-state index contributed by atoms with van der Waals surface area (Å²) >= 11 is 6.05. The normalized spacial score (nSPS) is 13.2. The van der Waals surface area contributed by atoms with Crippen molar-refractivity contribution in [1.29, 1.82) is 0 Å². The Balaban J connectivity index is 1.73. The maximum Gasteiger partial charge on any atom is 0.264 e. The fourth-order valence-corrected chi connectivity index (χ4v) is 6.08. The van der Waals surface area contributed by atoms with Crippen LogP contribution in [0.4, 0.5) is 10.1 Å². The average Bonchev–Trinajstić information content (AvgIpc) is 2.99. The summed E-state index contributed by atoms with van der Waals surface area (Å²) in [5.74, 6) is -0.860. The number of carbonyl (C=O) groups excluding carboxylic acids is 2. The number of fused-ring (bicyclic) bond motifs is 1. The van der Waals surface area contributed by atoms with Crippen molar-refractivity contribution in [3.8, 4) is 11.5 Å². The highest BCUT2D eigenvalue weighted by atomic mass is 35.5. The molecule has 224 valence electrons. The zero-order valence-electron chi connectivity index (χ0n) is 23.4. The van der Waals surface area contributed by atoms with Crippen molar-refractivity contribution in [3.63, 3.8) is 0 Å². The molecule has 42 heavy (non-hydrogen) atoms. The zero-order chi connectivity index (χ0) is 30.3. The van der Waals surface area contributed by atoms with E-state index in [2.05, 4.69) is 5.32 Å². The van der Waals surface area contributed by atoms with Crippen LogP contribution >= 0.6 is 11.6 Å². The molecule has 0 aliphatic carbocycles. The highest BCUT2D eigenvalue weighted by Crippen LogP contribution is 2.34. The molecule has 3 aromatic carbocycles. The van der Waals surface area contributed by atoms with Gasteiger partial charge < -0.3 is 19.7 Å². The molecule has 3 aromatic rings. The summed E-state index contributed by atoms with van der Waals surface area (Å²) in [5.41, 5.74) is 0.784. The van der Waals surface area contributed by atoms with Gasteiger partial charge in [-0.3, -0.25) is 13.9 Å². The van der Waals surface area contributed by atoms with Gasteiger partial charge in [0.05, 0.1) is 10.6 Å². The van der Waals surface area contributed by atoms with Crippen molar-refractivity contribution in [2.24, 2.45) is 0 Å². The van der Waals surface area contributed by atoms with Crippen LogP contribution in [0.3, 0.4) is 0 Å². The summed E-state index contributed by atoms with van der Waals surface area (Å²) in [6, 6.07) is 15.0. The molecular formula is C30H33ClFN3O6S. The number of nitrogens with one attached hydrogen (secondary N) is 1. The van der Waals surface area contributed by atoms with E-state index < -0.39 is 34.3 Å². The number of hydrogen-bond donors (Lipinski definition) is 1. The molecule has 1 atom stereocenters. The lowest BCUT2D eigenvalue weighted by atomic mass is 10.1. The lowest BCUT2D eigenvalue weighted by Crippen LogP contribution is -2.52. The van der Waals surface area contributed by atoms with Crippen LogP contribution in [0.5, 0.6) is 11.5 Å². The van der Waals surface area contributed by atoms with Crippen LogP contribution in [0.25, 0.3) is 0 Å². The van der Waals surface area contributed by atoms with E-state index in [4.69, 9.17) is 21.1 Å². The predicted octanol–water partition coefficient (Wildman–Crippen LogP) is 4.78. The first-order valence-electron chi connectivity index (χ1n) is 13.6. The molecule has 0 saturated heterocycles. The topological polar surface area (TPSA) is 105 Å². The predicted molar refractivity (Wildman–Crippen MR) is 158 cm³/mol. The van der Waals surface area contributed by atoms with Gasteiger partial charge in [0.25, 0.3) is 10.0 Å². The molecule has 9 nitrogen and oxygen atoms in total. The Hall–Kier alpha value is -3.83. The molecule has 1 N–H and O–H groups in total. The molecule has 12 heteroatoms. The van der Waals surface area contributed by atoms with Gasteiger partial charge in [-0.05, 0) is 66.9 Å². The Morgan fingerprint density at radius 2 is 1.64 bits per heavy atom. The van der Waals surface area contributed by atoms with Crippen LogP contribution in [-0.2, 0) is 26.2 Å². The number of nitrogens with zero attached hydrogens (tertiary/aromatic N) is 2. The molecule has 1 aliphatic rings. The largest absolute Gasteiger partial charge is 0.486 e. The molecule has 0 fully saturated rings. The Morgan fingerprint density at radius 3 is 2.29 bits per heavy atom. The fourth-order valence-electron chi connectivity index (χ4n) is 4.52. The van der Waals surface area contributed by atoms with E-state index in [1.807, 2.05) is 6.92 Å². The van der Waals surface area contributed by atoms with E-state index in [9.17, 15) is 22.4 Å². The highest BCUT2D eigenvalue weighted by Gasteiger charge is 2.34. The van der Waals surface area contributed by atoms with E-state index in [0.29, 0.717) is 42.3 Å². The Bertz CT molecular complexity index is 1500. The van der Waals surface area contributed by atoms with Gasteiger partial charge in [0.15, 0.2) is 11.5 Å². The average molecular weight is 618 g/mol. The van der Waals surface area contributed by atoms with Crippen LogP contribution < -0.4 is 19.1 Å². The Kier molecular flexibility index (Phi) is 10.3. The number of halogens is 2. The van der Waals surface area contributed by atoms with Gasteiger partial charge in [0.2, 0.25) is 11.8 Å². The number of amides is 2. The molecule has 0 saturated carbocycles. The molecule has 2 amide bonds. The van der Waals surface area contributed by atoms with Crippen LogP contribution in [0.1, 0.15) is 32.3 Å². The third-order valence-electron chi connectivity index (χ3n) is 6.70. The lowest BCUT2D eigenvalue weighted by Gasteiger charge is -2.33. The highest BCUT2D eigenvalue weighted by molar-refractivity contribution is 7.92. The molecule has 0 spiro atoms.